The van der Waals surface area contributed by atoms with Gasteiger partial charge in [-0.2, -0.15) is 16.8 Å². The van der Waals surface area contributed by atoms with Gasteiger partial charge in [-0.15, -0.1) is 0 Å². The molecule has 4 aromatic rings. The molecule has 0 radical (unpaired) electrons. The summed E-state index contributed by atoms with van der Waals surface area (Å²) in [5, 5.41) is 0. The maximum absolute atomic E-state index is 12.5. The minimum atomic E-state index is -4.90. The van der Waals surface area contributed by atoms with Crippen LogP contribution in [-0.4, -0.2) is 45.9 Å². The smallest absolute Gasteiger partial charge is 0.282 e. The van der Waals surface area contributed by atoms with E-state index in [9.17, 15) is 25.9 Å². The molecule has 2 aromatic heterocycles. The molecule has 4 rings (SSSR count). The molecule has 0 aliphatic carbocycles. The fourth-order valence-electron chi connectivity index (χ4n) is 3.99. The number of aryl methyl sites for hydroxylation is 4. The molecule has 40 heavy (non-hydrogen) atoms. The summed E-state index contributed by atoms with van der Waals surface area (Å²) >= 11 is 8.78. The molecule has 210 valence electrons. The average molecular weight is 621 g/mol. The highest BCUT2D eigenvalue weighted by Crippen LogP contribution is 2.39. The number of aromatic nitrogens is 4. The van der Waals surface area contributed by atoms with Gasteiger partial charge in [-0.05, 0) is 64.1 Å². The SMILES string of the molecule is Cc1cc(C)nc(N(S)c2ccc(-c3ccc(N(S)c4nc(C)cc(C)n4)cc3S(=O)(=O)O)c(S(=O)(=O)O)c2)n1. The monoisotopic (exact) mass is 620 g/mol. The lowest BCUT2D eigenvalue weighted by Gasteiger charge is -2.20. The van der Waals surface area contributed by atoms with Gasteiger partial charge in [0, 0.05) is 33.9 Å². The Hall–Kier alpha value is -3.28. The molecular formula is C24H24N6O6S4. The van der Waals surface area contributed by atoms with Crippen LogP contribution in [0.4, 0.5) is 23.3 Å². The predicted octanol–water partition coefficient (Wildman–Crippen LogP) is 4.63. The van der Waals surface area contributed by atoms with Crippen LogP contribution in [0.15, 0.2) is 58.3 Å². The molecular weight excluding hydrogens is 597 g/mol. The van der Waals surface area contributed by atoms with Crippen molar-refractivity contribution in [1.82, 2.24) is 19.9 Å². The first-order valence-electron chi connectivity index (χ1n) is 11.4. The molecule has 12 nitrogen and oxygen atoms in total. The lowest BCUT2D eigenvalue weighted by Crippen LogP contribution is -2.12. The summed E-state index contributed by atoms with van der Waals surface area (Å²) in [6.07, 6.45) is 0. The molecule has 2 aromatic carbocycles. The molecule has 0 spiro atoms. The first-order chi connectivity index (χ1) is 18.5. The Balaban J connectivity index is 1.88. The third kappa shape index (κ3) is 6.37. The van der Waals surface area contributed by atoms with E-state index >= 15 is 0 Å². The van der Waals surface area contributed by atoms with Crippen LogP contribution in [-0.2, 0) is 20.2 Å². The maximum Gasteiger partial charge on any atom is 0.295 e. The topological polar surface area (TPSA) is 167 Å². The van der Waals surface area contributed by atoms with Crippen molar-refractivity contribution in [3.05, 3.63) is 71.3 Å². The van der Waals surface area contributed by atoms with Gasteiger partial charge in [-0.1, -0.05) is 37.8 Å². The van der Waals surface area contributed by atoms with Crippen LogP contribution < -0.4 is 8.61 Å². The van der Waals surface area contributed by atoms with Crippen molar-refractivity contribution in [2.24, 2.45) is 0 Å². The zero-order chi connectivity index (χ0) is 29.6. The minimum Gasteiger partial charge on any atom is -0.282 e. The van der Waals surface area contributed by atoms with Crippen LogP contribution in [0.3, 0.4) is 0 Å². The van der Waals surface area contributed by atoms with Gasteiger partial charge in [-0.25, -0.2) is 19.9 Å². The fourth-order valence-corrected chi connectivity index (χ4v) is 5.87. The molecule has 16 heteroatoms. The molecule has 0 fully saturated rings. The second kappa shape index (κ2) is 10.9. The summed E-state index contributed by atoms with van der Waals surface area (Å²) in [6.45, 7) is 7.02. The van der Waals surface area contributed by atoms with Gasteiger partial charge in [0.2, 0.25) is 11.9 Å². The Bertz CT molecular complexity index is 1680. The Morgan fingerprint density at radius 3 is 1.15 bits per heavy atom. The molecule has 0 aliphatic heterocycles. The van der Waals surface area contributed by atoms with Crippen molar-refractivity contribution >= 4 is 69.1 Å². The number of benzene rings is 2. The number of rotatable bonds is 7. The first-order valence-corrected chi connectivity index (χ1v) is 15.1. The normalized spacial score (nSPS) is 11.9. The van der Waals surface area contributed by atoms with Gasteiger partial charge in [0.05, 0.1) is 11.4 Å². The maximum atomic E-state index is 12.5. The standard InChI is InChI=1S/C24H24N6O6S4/c1-13-9-14(2)26-23(25-13)29(37)17-5-7-19(21(11-17)39(31,32)33)20-8-6-18(12-22(20)40(34,35)36)30(38)24-27-15(3)10-16(4)28-24/h5-12,37-38H,1-4H3,(H,31,32,33)(H,34,35,36). The molecule has 0 saturated heterocycles. The summed E-state index contributed by atoms with van der Waals surface area (Å²) in [5.41, 5.74) is 2.55. The quantitative estimate of drug-likeness (QED) is 0.167. The van der Waals surface area contributed by atoms with E-state index in [0.717, 1.165) is 12.1 Å². The van der Waals surface area contributed by atoms with Gasteiger partial charge >= 0.3 is 0 Å². The van der Waals surface area contributed by atoms with Crippen LogP contribution in [0, 0.1) is 27.7 Å². The number of hydrogen-bond acceptors (Lipinski definition) is 12. The van der Waals surface area contributed by atoms with Crippen LogP contribution in [0.1, 0.15) is 22.8 Å². The average Bonchev–Trinajstić information content (AvgIpc) is 2.85. The molecule has 0 atom stereocenters. The molecule has 0 saturated carbocycles. The van der Waals surface area contributed by atoms with Gasteiger partial charge in [-0.3, -0.25) is 17.7 Å². The number of hydrogen-bond donors (Lipinski definition) is 4. The number of nitrogens with zero attached hydrogens (tertiary/aromatic N) is 6. The summed E-state index contributed by atoms with van der Waals surface area (Å²) in [4.78, 5) is 15.9. The lowest BCUT2D eigenvalue weighted by atomic mass is 10.0. The van der Waals surface area contributed by atoms with Gasteiger partial charge < -0.3 is 0 Å². The molecule has 2 N–H and O–H groups in total. The molecule has 0 unspecified atom stereocenters. The Labute approximate surface area is 242 Å². The van der Waals surface area contributed by atoms with E-state index in [0.29, 0.717) is 22.8 Å². The van der Waals surface area contributed by atoms with Crippen LogP contribution in [0.5, 0.6) is 0 Å². The Morgan fingerprint density at radius 1 is 0.575 bits per heavy atom. The Kier molecular flexibility index (Phi) is 8.13. The summed E-state index contributed by atoms with van der Waals surface area (Å²) in [7, 11) is -9.80. The second-order valence-corrected chi connectivity index (χ2v) is 12.4. The highest BCUT2D eigenvalue weighted by atomic mass is 32.2. The van der Waals surface area contributed by atoms with Gasteiger partial charge in [0.25, 0.3) is 20.2 Å². The zero-order valence-corrected chi connectivity index (χ0v) is 25.0. The van der Waals surface area contributed by atoms with Gasteiger partial charge in [0.1, 0.15) is 9.79 Å². The summed E-state index contributed by atoms with van der Waals surface area (Å²) in [6, 6.07) is 11.1. The van der Waals surface area contributed by atoms with Crippen molar-refractivity contribution < 1.29 is 25.9 Å². The van der Waals surface area contributed by atoms with Crippen LogP contribution in [0.2, 0.25) is 0 Å². The van der Waals surface area contributed by atoms with Crippen LogP contribution >= 0.6 is 25.6 Å². The minimum absolute atomic E-state index is 0.153. The van der Waals surface area contributed by atoms with Gasteiger partial charge in [0.15, 0.2) is 0 Å². The van der Waals surface area contributed by atoms with Crippen LogP contribution in [0.25, 0.3) is 11.1 Å². The third-order valence-electron chi connectivity index (χ3n) is 5.59. The van der Waals surface area contributed by atoms with Crippen molar-refractivity contribution in [3.8, 4) is 11.1 Å². The van der Waals surface area contributed by atoms with Crippen molar-refractivity contribution in [1.29, 1.82) is 0 Å². The van der Waals surface area contributed by atoms with E-state index in [-0.39, 0.29) is 34.4 Å². The lowest BCUT2D eigenvalue weighted by molar-refractivity contribution is 0.480. The van der Waals surface area contributed by atoms with E-state index in [1.807, 2.05) is 0 Å². The zero-order valence-electron chi connectivity index (χ0n) is 21.5. The molecule has 0 aliphatic rings. The molecule has 0 bridgehead atoms. The van der Waals surface area contributed by atoms with E-state index in [4.69, 9.17) is 0 Å². The first kappa shape index (κ1) is 29.7. The fraction of sp³-hybridized carbons (Fsp3) is 0.167. The Morgan fingerprint density at radius 2 is 0.875 bits per heavy atom. The largest absolute Gasteiger partial charge is 0.295 e. The van der Waals surface area contributed by atoms with Crippen molar-refractivity contribution in [3.63, 3.8) is 0 Å². The van der Waals surface area contributed by atoms with E-state index in [1.54, 1.807) is 39.8 Å². The second-order valence-electron chi connectivity index (χ2n) is 8.84. The van der Waals surface area contributed by atoms with E-state index in [2.05, 4.69) is 45.6 Å². The van der Waals surface area contributed by atoms with E-state index in [1.165, 1.54) is 32.9 Å². The predicted molar refractivity (Wildman–Crippen MR) is 157 cm³/mol. The number of thiol groups is 2. The highest BCUT2D eigenvalue weighted by Gasteiger charge is 2.26. The van der Waals surface area contributed by atoms with Crippen molar-refractivity contribution in [2.45, 2.75) is 37.5 Å². The highest BCUT2D eigenvalue weighted by molar-refractivity contribution is 7.86. The molecule has 0 amide bonds. The van der Waals surface area contributed by atoms with Crippen molar-refractivity contribution in [2.75, 3.05) is 8.61 Å². The third-order valence-corrected chi connectivity index (χ3v) is 8.19. The summed E-state index contributed by atoms with van der Waals surface area (Å²) in [5.74, 6) is 0.306. The number of anilines is 4. The van der Waals surface area contributed by atoms with E-state index < -0.39 is 30.0 Å². The molecule has 2 heterocycles. The summed E-state index contributed by atoms with van der Waals surface area (Å²) < 4.78 is 72.4.